The van der Waals surface area contributed by atoms with E-state index in [2.05, 4.69) is 10.6 Å². The van der Waals surface area contributed by atoms with Crippen LogP contribution < -0.4 is 15.4 Å². The second-order valence-corrected chi connectivity index (χ2v) is 10.2. The highest BCUT2D eigenvalue weighted by Crippen LogP contribution is 2.27. The average Bonchev–Trinajstić information content (AvgIpc) is 2.82. The molecule has 1 unspecified atom stereocenters. The van der Waals surface area contributed by atoms with Crippen LogP contribution >= 0.6 is 11.6 Å². The quantitative estimate of drug-likeness (QED) is 0.585. The van der Waals surface area contributed by atoms with Gasteiger partial charge in [-0.25, -0.2) is 8.42 Å². The Morgan fingerprint density at radius 3 is 2.55 bits per heavy atom. The highest BCUT2D eigenvalue weighted by Gasteiger charge is 2.33. The van der Waals surface area contributed by atoms with Crippen molar-refractivity contribution in [1.82, 2.24) is 9.62 Å². The lowest BCUT2D eigenvalue weighted by Crippen LogP contribution is -2.43. The molecule has 1 saturated heterocycles. The van der Waals surface area contributed by atoms with E-state index in [0.29, 0.717) is 42.9 Å². The molecule has 178 valence electrons. The molecule has 0 spiro atoms. The molecule has 1 atom stereocenters. The predicted molar refractivity (Wildman–Crippen MR) is 127 cm³/mol. The van der Waals surface area contributed by atoms with E-state index >= 15 is 0 Å². The minimum absolute atomic E-state index is 0.0887. The Bertz CT molecular complexity index is 1110. The number of benzene rings is 2. The van der Waals surface area contributed by atoms with E-state index in [4.69, 9.17) is 16.3 Å². The number of piperidine rings is 1. The van der Waals surface area contributed by atoms with E-state index in [0.717, 1.165) is 6.42 Å². The number of hydrogen-bond donors (Lipinski definition) is 2. The van der Waals surface area contributed by atoms with Crippen molar-refractivity contribution in [1.29, 1.82) is 0 Å². The molecule has 8 nitrogen and oxygen atoms in total. The number of nitrogens with zero attached hydrogens (tertiary/aromatic N) is 1. The third kappa shape index (κ3) is 6.04. The Labute approximate surface area is 199 Å². The Kier molecular flexibility index (Phi) is 8.34. The van der Waals surface area contributed by atoms with Gasteiger partial charge in [0, 0.05) is 25.3 Å². The smallest absolute Gasteiger partial charge is 0.252 e. The molecule has 2 aromatic rings. The zero-order valence-electron chi connectivity index (χ0n) is 18.6. The number of ether oxygens (including phenoxy) is 1. The first-order valence-corrected chi connectivity index (χ1v) is 12.6. The van der Waals surface area contributed by atoms with Crippen molar-refractivity contribution >= 4 is 39.1 Å². The van der Waals surface area contributed by atoms with Crippen LogP contribution in [0.1, 0.15) is 36.5 Å². The number of halogens is 1. The Morgan fingerprint density at radius 2 is 1.91 bits per heavy atom. The molecule has 10 heteroatoms. The Hall–Kier alpha value is -2.62. The Morgan fingerprint density at radius 1 is 1.18 bits per heavy atom. The van der Waals surface area contributed by atoms with E-state index in [-0.39, 0.29) is 28.3 Å². The second kappa shape index (κ2) is 11.0. The molecule has 2 aromatic carbocycles. The lowest BCUT2D eigenvalue weighted by Gasteiger charge is -2.31. The molecular formula is C23H28ClN3O5S. The highest BCUT2D eigenvalue weighted by atomic mass is 35.5. The standard InChI is InChI=1S/C23H28ClN3O5S/c1-3-12-25-23(29)20-11-6-17(14-21(20)24)26-22(28)16-5-4-13-27(15-16)33(30,31)19-9-7-18(32-2)8-10-19/h6-11,14,16H,3-5,12-13,15H2,1-2H3,(H,25,29)(H,26,28). The molecule has 0 radical (unpaired) electrons. The van der Waals surface area contributed by atoms with E-state index < -0.39 is 15.9 Å². The van der Waals surface area contributed by atoms with Gasteiger partial charge in [0.05, 0.1) is 28.5 Å². The maximum absolute atomic E-state index is 13.0. The van der Waals surface area contributed by atoms with E-state index in [1.54, 1.807) is 24.3 Å². The van der Waals surface area contributed by atoms with Crippen LogP contribution in [0.25, 0.3) is 0 Å². The number of carbonyl (C=O) groups is 2. The van der Waals surface area contributed by atoms with Gasteiger partial charge in [-0.1, -0.05) is 18.5 Å². The van der Waals surface area contributed by atoms with Crippen molar-refractivity contribution in [3.05, 3.63) is 53.1 Å². The summed E-state index contributed by atoms with van der Waals surface area (Å²) in [5, 5.41) is 5.79. The molecule has 2 N–H and O–H groups in total. The van der Waals surface area contributed by atoms with Gasteiger partial charge in [0.25, 0.3) is 5.91 Å². The van der Waals surface area contributed by atoms with E-state index in [1.807, 2.05) is 6.92 Å². The predicted octanol–water partition coefficient (Wildman–Crippen LogP) is 3.53. The molecule has 0 aromatic heterocycles. The van der Waals surface area contributed by atoms with E-state index in [9.17, 15) is 18.0 Å². The number of nitrogens with one attached hydrogen (secondary N) is 2. The van der Waals surface area contributed by atoms with Gasteiger partial charge < -0.3 is 15.4 Å². The zero-order chi connectivity index (χ0) is 24.0. The van der Waals surface area contributed by atoms with Crippen LogP contribution in [-0.4, -0.2) is 51.3 Å². The summed E-state index contributed by atoms with van der Waals surface area (Å²) in [7, 11) is -2.21. The van der Waals surface area contributed by atoms with Crippen molar-refractivity contribution in [3.8, 4) is 5.75 Å². The molecule has 0 saturated carbocycles. The van der Waals surface area contributed by atoms with Crippen molar-refractivity contribution in [2.75, 3.05) is 32.1 Å². The van der Waals surface area contributed by atoms with Gasteiger partial charge in [0.1, 0.15) is 5.75 Å². The summed E-state index contributed by atoms with van der Waals surface area (Å²) in [4.78, 5) is 25.2. The molecule has 2 amide bonds. The third-order valence-corrected chi connectivity index (χ3v) is 7.66. The Balaban J connectivity index is 1.67. The molecule has 0 bridgehead atoms. The summed E-state index contributed by atoms with van der Waals surface area (Å²) < 4.78 is 32.5. The zero-order valence-corrected chi connectivity index (χ0v) is 20.2. The fourth-order valence-corrected chi connectivity index (χ4v) is 5.42. The lowest BCUT2D eigenvalue weighted by molar-refractivity contribution is -0.120. The normalized spacial score (nSPS) is 16.8. The fraction of sp³-hybridized carbons (Fsp3) is 0.391. The van der Waals surface area contributed by atoms with Gasteiger partial charge in [-0.05, 0) is 61.7 Å². The molecule has 3 rings (SSSR count). The van der Waals surface area contributed by atoms with Crippen LogP contribution in [0.5, 0.6) is 5.75 Å². The van der Waals surface area contributed by atoms with Crippen LogP contribution in [0.4, 0.5) is 5.69 Å². The monoisotopic (exact) mass is 493 g/mol. The van der Waals surface area contributed by atoms with Crippen molar-refractivity contribution in [2.24, 2.45) is 5.92 Å². The molecular weight excluding hydrogens is 466 g/mol. The van der Waals surface area contributed by atoms with Crippen molar-refractivity contribution < 1.29 is 22.7 Å². The number of hydrogen-bond acceptors (Lipinski definition) is 5. The van der Waals surface area contributed by atoms with Crippen molar-refractivity contribution in [3.63, 3.8) is 0 Å². The number of amides is 2. The van der Waals surface area contributed by atoms with Crippen LogP contribution in [0.15, 0.2) is 47.4 Å². The summed E-state index contributed by atoms with van der Waals surface area (Å²) >= 11 is 6.24. The molecule has 1 heterocycles. The van der Waals surface area contributed by atoms with Crippen LogP contribution in [0, 0.1) is 5.92 Å². The highest BCUT2D eigenvalue weighted by molar-refractivity contribution is 7.89. The van der Waals surface area contributed by atoms with Gasteiger partial charge in [-0.2, -0.15) is 4.31 Å². The third-order valence-electron chi connectivity index (χ3n) is 5.47. The number of sulfonamides is 1. The first-order valence-electron chi connectivity index (χ1n) is 10.8. The minimum atomic E-state index is -3.72. The topological polar surface area (TPSA) is 105 Å². The average molecular weight is 494 g/mol. The van der Waals surface area contributed by atoms with Gasteiger partial charge in [0.15, 0.2) is 0 Å². The number of anilines is 1. The van der Waals surface area contributed by atoms with Crippen molar-refractivity contribution in [2.45, 2.75) is 31.1 Å². The minimum Gasteiger partial charge on any atom is -0.497 e. The van der Waals surface area contributed by atoms with Gasteiger partial charge in [-0.15, -0.1) is 0 Å². The molecule has 1 aliphatic rings. The summed E-state index contributed by atoms with van der Waals surface area (Å²) in [6, 6.07) is 10.9. The molecule has 33 heavy (non-hydrogen) atoms. The molecule has 1 aliphatic heterocycles. The lowest BCUT2D eigenvalue weighted by atomic mass is 9.98. The summed E-state index contributed by atoms with van der Waals surface area (Å²) in [5.74, 6) is -0.495. The van der Waals surface area contributed by atoms with Gasteiger partial charge in [0.2, 0.25) is 15.9 Å². The summed E-state index contributed by atoms with van der Waals surface area (Å²) in [5.41, 5.74) is 0.782. The number of rotatable bonds is 8. The maximum Gasteiger partial charge on any atom is 0.252 e. The maximum atomic E-state index is 13.0. The van der Waals surface area contributed by atoms with Crippen LogP contribution in [0.2, 0.25) is 5.02 Å². The van der Waals surface area contributed by atoms with Gasteiger partial charge >= 0.3 is 0 Å². The number of methoxy groups -OCH3 is 1. The first kappa shape index (κ1) is 25.0. The number of carbonyl (C=O) groups excluding carboxylic acids is 2. The van der Waals surface area contributed by atoms with Crippen LogP contribution in [-0.2, 0) is 14.8 Å². The SMILES string of the molecule is CCCNC(=O)c1ccc(NC(=O)C2CCCN(S(=O)(=O)c3ccc(OC)cc3)C2)cc1Cl. The fourth-order valence-electron chi connectivity index (χ4n) is 3.63. The molecule has 0 aliphatic carbocycles. The first-order chi connectivity index (χ1) is 15.8. The molecule has 1 fully saturated rings. The largest absolute Gasteiger partial charge is 0.497 e. The summed E-state index contributed by atoms with van der Waals surface area (Å²) in [6.07, 6.45) is 1.96. The van der Waals surface area contributed by atoms with Gasteiger partial charge in [-0.3, -0.25) is 9.59 Å². The summed E-state index contributed by atoms with van der Waals surface area (Å²) in [6.45, 7) is 2.94. The van der Waals surface area contributed by atoms with E-state index in [1.165, 1.54) is 29.6 Å². The second-order valence-electron chi connectivity index (χ2n) is 7.82. The van der Waals surface area contributed by atoms with Crippen LogP contribution in [0.3, 0.4) is 0 Å².